The van der Waals surface area contributed by atoms with E-state index in [1.165, 1.54) is 5.56 Å². The van der Waals surface area contributed by atoms with E-state index in [1.807, 2.05) is 43.3 Å². The maximum absolute atomic E-state index is 12.4. The second-order valence-electron chi connectivity index (χ2n) is 11.2. The van der Waals surface area contributed by atoms with Gasteiger partial charge in [-0.3, -0.25) is 4.79 Å². The maximum atomic E-state index is 12.4. The summed E-state index contributed by atoms with van der Waals surface area (Å²) in [7, 11) is 0. The van der Waals surface area contributed by atoms with Gasteiger partial charge in [0.15, 0.2) is 0 Å². The predicted octanol–water partition coefficient (Wildman–Crippen LogP) is 8.08. The summed E-state index contributed by atoms with van der Waals surface area (Å²) in [5.41, 5.74) is 4.26. The van der Waals surface area contributed by atoms with Crippen LogP contribution in [0.3, 0.4) is 0 Å². The van der Waals surface area contributed by atoms with Crippen molar-refractivity contribution in [2.24, 2.45) is 0 Å². The minimum absolute atomic E-state index is 0.109. The maximum Gasteiger partial charge on any atom is 0.343 e. The van der Waals surface area contributed by atoms with Crippen LogP contribution in [-0.4, -0.2) is 50.3 Å². The molecular formula is C42H48O10. The zero-order chi connectivity index (χ0) is 38.1. The van der Waals surface area contributed by atoms with Gasteiger partial charge in [-0.15, -0.1) is 0 Å². The monoisotopic (exact) mass is 712 g/mol. The molecule has 0 radical (unpaired) electrons. The number of rotatable bonds is 21. The van der Waals surface area contributed by atoms with Gasteiger partial charge in [0.05, 0.1) is 38.4 Å². The standard InChI is InChI=1S/C25H28O6.C17H20O4/c1-4-19-10-13-22(18(3)16-19)31-25(28)21-11-8-20(9-12-21)17-24(27)30-15-7-6-14-29-23(26)5-2;1-4-15-8-10-16(11-9-15)21-14(3)19-12-6-7-13-20-17(18)5-2/h5,8-13,16H,2,4,6-7,14-15,17H2,1,3H3;4-5,8-11H,1-3,6-7,12-13H2. The molecule has 0 bridgehead atoms. The molecule has 3 rings (SSSR count). The largest absolute Gasteiger partial charge is 0.466 e. The van der Waals surface area contributed by atoms with E-state index >= 15 is 0 Å². The summed E-state index contributed by atoms with van der Waals surface area (Å²) in [4.78, 5) is 46.0. The molecule has 0 aliphatic heterocycles. The Hall–Kier alpha value is -5.90. The molecule has 0 aliphatic carbocycles. The molecule has 0 saturated carbocycles. The van der Waals surface area contributed by atoms with Gasteiger partial charge in [-0.1, -0.05) is 69.1 Å². The molecule has 0 aromatic heterocycles. The lowest BCUT2D eigenvalue weighted by Crippen LogP contribution is -2.11. The average Bonchev–Trinajstić information content (AvgIpc) is 3.15. The minimum atomic E-state index is -0.464. The highest BCUT2D eigenvalue weighted by Gasteiger charge is 2.12. The molecule has 0 unspecified atom stereocenters. The van der Waals surface area contributed by atoms with Gasteiger partial charge in [0.25, 0.3) is 5.95 Å². The number of carbonyl (C=O) groups is 4. The van der Waals surface area contributed by atoms with Crippen molar-refractivity contribution < 1.29 is 47.6 Å². The lowest BCUT2D eigenvalue weighted by Gasteiger charge is -2.10. The third-order valence-electron chi connectivity index (χ3n) is 7.16. The van der Waals surface area contributed by atoms with Crippen molar-refractivity contribution in [3.8, 4) is 11.5 Å². The lowest BCUT2D eigenvalue weighted by molar-refractivity contribution is -0.143. The molecule has 0 atom stereocenters. The van der Waals surface area contributed by atoms with Crippen molar-refractivity contribution in [3.05, 3.63) is 139 Å². The number of hydrogen-bond donors (Lipinski definition) is 0. The summed E-state index contributed by atoms with van der Waals surface area (Å²) >= 11 is 0. The minimum Gasteiger partial charge on any atom is -0.466 e. The van der Waals surface area contributed by atoms with Crippen molar-refractivity contribution >= 4 is 30.0 Å². The fraction of sp³-hybridized carbons (Fsp3) is 0.286. The topological polar surface area (TPSA) is 124 Å². The molecule has 0 amide bonds. The van der Waals surface area contributed by atoms with Crippen LogP contribution in [0.2, 0.25) is 0 Å². The molecule has 276 valence electrons. The molecule has 3 aromatic carbocycles. The third-order valence-corrected chi connectivity index (χ3v) is 7.16. The Kier molecular flexibility index (Phi) is 19.7. The summed E-state index contributed by atoms with van der Waals surface area (Å²) in [5, 5.41) is 0. The van der Waals surface area contributed by atoms with E-state index in [2.05, 4.69) is 33.2 Å². The van der Waals surface area contributed by atoms with Crippen LogP contribution in [0.15, 0.2) is 111 Å². The zero-order valence-electron chi connectivity index (χ0n) is 30.1. The van der Waals surface area contributed by atoms with Gasteiger partial charge in [-0.05, 0) is 98.2 Å². The van der Waals surface area contributed by atoms with Gasteiger partial charge in [0, 0.05) is 12.2 Å². The van der Waals surface area contributed by atoms with Crippen LogP contribution in [0.5, 0.6) is 11.5 Å². The molecular weight excluding hydrogens is 664 g/mol. The second kappa shape index (κ2) is 24.3. The fourth-order valence-electron chi connectivity index (χ4n) is 4.26. The number of aryl methyl sites for hydroxylation is 2. The number of esters is 4. The number of carbonyl (C=O) groups excluding carboxylic acids is 4. The van der Waals surface area contributed by atoms with Crippen LogP contribution >= 0.6 is 0 Å². The molecule has 0 N–H and O–H groups in total. The van der Waals surface area contributed by atoms with Crippen LogP contribution in [-0.2, 0) is 46.2 Å². The van der Waals surface area contributed by atoms with Crippen LogP contribution < -0.4 is 9.47 Å². The molecule has 10 nitrogen and oxygen atoms in total. The summed E-state index contributed by atoms with van der Waals surface area (Å²) in [6, 6.07) is 19.9. The van der Waals surface area contributed by atoms with E-state index < -0.39 is 17.9 Å². The molecule has 3 aromatic rings. The molecule has 0 aliphatic rings. The Balaban J connectivity index is 0.000000389. The van der Waals surface area contributed by atoms with E-state index in [-0.39, 0.29) is 31.5 Å². The third kappa shape index (κ3) is 17.2. The fourth-order valence-corrected chi connectivity index (χ4v) is 4.26. The van der Waals surface area contributed by atoms with Crippen LogP contribution in [0.25, 0.3) is 6.08 Å². The van der Waals surface area contributed by atoms with Crippen molar-refractivity contribution in [1.29, 1.82) is 0 Å². The first-order valence-corrected chi connectivity index (χ1v) is 16.9. The van der Waals surface area contributed by atoms with Crippen molar-refractivity contribution in [3.63, 3.8) is 0 Å². The van der Waals surface area contributed by atoms with Crippen LogP contribution in [0, 0.1) is 6.92 Å². The molecule has 0 saturated heterocycles. The Morgan fingerprint density at radius 3 is 1.71 bits per heavy atom. The number of benzene rings is 3. The van der Waals surface area contributed by atoms with Crippen molar-refractivity contribution in [2.75, 3.05) is 26.4 Å². The highest BCUT2D eigenvalue weighted by atomic mass is 16.7. The number of hydrogen-bond acceptors (Lipinski definition) is 10. The smallest absolute Gasteiger partial charge is 0.343 e. The Bertz CT molecular complexity index is 1640. The van der Waals surface area contributed by atoms with Crippen LogP contribution in [0.1, 0.15) is 65.2 Å². The van der Waals surface area contributed by atoms with E-state index in [9.17, 15) is 19.2 Å². The van der Waals surface area contributed by atoms with E-state index in [0.29, 0.717) is 49.5 Å². The SMILES string of the molecule is C=CC(=O)OCCCCOC(=C)Oc1ccc(C=C)cc1.C=CC(=O)OCCCCOC(=O)Cc1ccc(C(=O)Oc2ccc(CC)cc2C)cc1. The van der Waals surface area contributed by atoms with Crippen molar-refractivity contribution in [2.45, 2.75) is 52.4 Å². The highest BCUT2D eigenvalue weighted by Crippen LogP contribution is 2.21. The zero-order valence-corrected chi connectivity index (χ0v) is 30.1. The van der Waals surface area contributed by atoms with E-state index in [1.54, 1.807) is 36.4 Å². The predicted molar refractivity (Wildman–Crippen MR) is 200 cm³/mol. The number of unbranched alkanes of at least 4 members (excludes halogenated alkanes) is 2. The van der Waals surface area contributed by atoms with Gasteiger partial charge in [0.1, 0.15) is 11.5 Å². The molecule has 10 heteroatoms. The lowest BCUT2D eigenvalue weighted by atomic mass is 10.1. The highest BCUT2D eigenvalue weighted by molar-refractivity contribution is 5.91. The quantitative estimate of drug-likeness (QED) is 0.0267. The normalized spacial score (nSPS) is 9.96. The van der Waals surface area contributed by atoms with Gasteiger partial charge in [0.2, 0.25) is 0 Å². The van der Waals surface area contributed by atoms with Gasteiger partial charge in [-0.2, -0.15) is 0 Å². The van der Waals surface area contributed by atoms with Gasteiger partial charge in [-0.25, -0.2) is 14.4 Å². The molecule has 0 fully saturated rings. The summed E-state index contributed by atoms with van der Waals surface area (Å²) in [6.07, 6.45) is 7.68. The van der Waals surface area contributed by atoms with Crippen molar-refractivity contribution in [1.82, 2.24) is 0 Å². The molecule has 52 heavy (non-hydrogen) atoms. The number of ether oxygens (including phenoxy) is 6. The van der Waals surface area contributed by atoms with E-state index in [4.69, 9.17) is 28.4 Å². The van der Waals surface area contributed by atoms with E-state index in [0.717, 1.165) is 41.7 Å². The van der Waals surface area contributed by atoms with Gasteiger partial charge >= 0.3 is 23.9 Å². The summed E-state index contributed by atoms with van der Waals surface area (Å²) < 4.78 is 31.1. The summed E-state index contributed by atoms with van der Waals surface area (Å²) in [6.45, 7) is 19.3. The Morgan fingerprint density at radius 1 is 0.654 bits per heavy atom. The first-order valence-electron chi connectivity index (χ1n) is 16.9. The molecule has 0 heterocycles. The van der Waals surface area contributed by atoms with Crippen LogP contribution in [0.4, 0.5) is 0 Å². The average molecular weight is 713 g/mol. The summed E-state index contributed by atoms with van der Waals surface area (Å²) in [5.74, 6) is -0.242. The second-order valence-corrected chi connectivity index (χ2v) is 11.2. The molecule has 0 spiro atoms. The Morgan fingerprint density at radius 2 is 1.19 bits per heavy atom. The first kappa shape index (κ1) is 42.3. The van der Waals surface area contributed by atoms with Gasteiger partial charge < -0.3 is 28.4 Å². The Labute approximate surface area is 306 Å². The first-order chi connectivity index (χ1) is 25.1.